The van der Waals surface area contributed by atoms with Gasteiger partial charge in [0.2, 0.25) is 5.91 Å². The van der Waals surface area contributed by atoms with E-state index in [1.165, 1.54) is 0 Å². The summed E-state index contributed by atoms with van der Waals surface area (Å²) in [6.45, 7) is 3.52. The summed E-state index contributed by atoms with van der Waals surface area (Å²) < 4.78 is 5.41. The molecule has 2 aromatic carbocycles. The number of amides is 1. The Bertz CT molecular complexity index is 755. The molecule has 1 fully saturated rings. The number of carbonyl (C=O) groups excluding carboxylic acids is 1. The SMILES string of the molecule is CC(NC(=O)C1(CN)CCOCC1)c1ccccc1-c1ccc(Cl)cc1. The Morgan fingerprint density at radius 3 is 2.50 bits per heavy atom. The molecule has 0 aromatic heterocycles. The average molecular weight is 373 g/mol. The zero-order valence-electron chi connectivity index (χ0n) is 15.0. The fourth-order valence-corrected chi connectivity index (χ4v) is 3.61. The van der Waals surface area contributed by atoms with E-state index in [4.69, 9.17) is 22.1 Å². The van der Waals surface area contributed by atoms with E-state index < -0.39 is 5.41 Å². The average Bonchev–Trinajstić information content (AvgIpc) is 2.69. The van der Waals surface area contributed by atoms with Crippen molar-refractivity contribution >= 4 is 17.5 Å². The fraction of sp³-hybridized carbons (Fsp3) is 0.381. The van der Waals surface area contributed by atoms with Gasteiger partial charge in [0, 0.05) is 24.8 Å². The van der Waals surface area contributed by atoms with Crippen LogP contribution in [0, 0.1) is 5.41 Å². The third kappa shape index (κ3) is 3.93. The normalized spacial score (nSPS) is 17.5. The molecule has 0 saturated carbocycles. The molecule has 26 heavy (non-hydrogen) atoms. The summed E-state index contributed by atoms with van der Waals surface area (Å²) in [5, 5.41) is 3.88. The van der Waals surface area contributed by atoms with Gasteiger partial charge in [0.15, 0.2) is 0 Å². The van der Waals surface area contributed by atoms with E-state index >= 15 is 0 Å². The van der Waals surface area contributed by atoms with Gasteiger partial charge < -0.3 is 15.8 Å². The number of ether oxygens (including phenoxy) is 1. The lowest BCUT2D eigenvalue weighted by Crippen LogP contribution is -2.49. The molecule has 1 unspecified atom stereocenters. The van der Waals surface area contributed by atoms with E-state index in [-0.39, 0.29) is 11.9 Å². The quantitative estimate of drug-likeness (QED) is 0.835. The fourth-order valence-electron chi connectivity index (χ4n) is 3.48. The predicted molar refractivity (Wildman–Crippen MR) is 105 cm³/mol. The maximum atomic E-state index is 13.0. The van der Waals surface area contributed by atoms with Crippen molar-refractivity contribution < 1.29 is 9.53 Å². The summed E-state index contributed by atoms with van der Waals surface area (Å²) >= 11 is 6.01. The molecule has 1 aliphatic heterocycles. The highest BCUT2D eigenvalue weighted by atomic mass is 35.5. The van der Waals surface area contributed by atoms with Crippen LogP contribution in [-0.2, 0) is 9.53 Å². The van der Waals surface area contributed by atoms with Crippen LogP contribution in [0.25, 0.3) is 11.1 Å². The highest BCUT2D eigenvalue weighted by Crippen LogP contribution is 2.33. The smallest absolute Gasteiger partial charge is 0.228 e. The molecule has 0 radical (unpaired) electrons. The number of rotatable bonds is 5. The van der Waals surface area contributed by atoms with E-state index in [2.05, 4.69) is 11.4 Å². The molecule has 3 rings (SSSR count). The molecular weight excluding hydrogens is 348 g/mol. The van der Waals surface area contributed by atoms with Gasteiger partial charge >= 0.3 is 0 Å². The first-order valence-electron chi connectivity index (χ1n) is 8.99. The van der Waals surface area contributed by atoms with Gasteiger partial charge in [-0.05, 0) is 48.6 Å². The Hall–Kier alpha value is -1.88. The maximum Gasteiger partial charge on any atom is 0.228 e. The minimum atomic E-state index is -0.526. The minimum Gasteiger partial charge on any atom is -0.381 e. The topological polar surface area (TPSA) is 64.4 Å². The van der Waals surface area contributed by atoms with Gasteiger partial charge in [0.25, 0.3) is 0 Å². The van der Waals surface area contributed by atoms with Crippen LogP contribution in [0.1, 0.15) is 31.4 Å². The summed E-state index contributed by atoms with van der Waals surface area (Å²) in [5.41, 5.74) is 8.67. The molecule has 1 saturated heterocycles. The molecule has 3 N–H and O–H groups in total. The summed E-state index contributed by atoms with van der Waals surface area (Å²) in [5.74, 6) is 0.0155. The van der Waals surface area contributed by atoms with Crippen LogP contribution in [0.5, 0.6) is 0 Å². The van der Waals surface area contributed by atoms with Crippen molar-refractivity contribution in [2.24, 2.45) is 11.1 Å². The van der Waals surface area contributed by atoms with Crippen LogP contribution in [0.4, 0.5) is 0 Å². The Morgan fingerprint density at radius 2 is 1.85 bits per heavy atom. The van der Waals surface area contributed by atoms with E-state index in [0.29, 0.717) is 37.6 Å². The van der Waals surface area contributed by atoms with Crippen LogP contribution >= 0.6 is 11.6 Å². The lowest BCUT2D eigenvalue weighted by molar-refractivity contribution is -0.136. The summed E-state index contributed by atoms with van der Waals surface area (Å²) in [6, 6.07) is 15.7. The molecule has 1 atom stereocenters. The van der Waals surface area contributed by atoms with Crippen molar-refractivity contribution in [1.82, 2.24) is 5.32 Å². The number of hydrogen-bond donors (Lipinski definition) is 2. The first kappa shape index (κ1) is 18.9. The second kappa shape index (κ2) is 8.21. The van der Waals surface area contributed by atoms with Crippen molar-refractivity contribution in [2.75, 3.05) is 19.8 Å². The lowest BCUT2D eigenvalue weighted by atomic mass is 9.79. The molecular formula is C21H25ClN2O2. The number of benzene rings is 2. The second-order valence-electron chi connectivity index (χ2n) is 6.89. The Labute approximate surface area is 159 Å². The van der Waals surface area contributed by atoms with Gasteiger partial charge in [0.05, 0.1) is 11.5 Å². The minimum absolute atomic E-state index is 0.0155. The van der Waals surface area contributed by atoms with Gasteiger partial charge in [-0.1, -0.05) is 48.0 Å². The molecule has 1 aliphatic rings. The molecule has 1 heterocycles. The Kier molecular flexibility index (Phi) is 5.97. The molecule has 138 valence electrons. The van der Waals surface area contributed by atoms with Crippen LogP contribution in [-0.4, -0.2) is 25.7 Å². The van der Waals surface area contributed by atoms with Crippen LogP contribution in [0.15, 0.2) is 48.5 Å². The van der Waals surface area contributed by atoms with Crippen molar-refractivity contribution in [3.63, 3.8) is 0 Å². The molecule has 5 heteroatoms. The highest BCUT2D eigenvalue weighted by Gasteiger charge is 2.39. The summed E-state index contributed by atoms with van der Waals surface area (Å²) in [7, 11) is 0. The third-order valence-electron chi connectivity index (χ3n) is 5.25. The molecule has 0 spiro atoms. The van der Waals surface area contributed by atoms with Crippen LogP contribution in [0.2, 0.25) is 5.02 Å². The number of hydrogen-bond acceptors (Lipinski definition) is 3. The molecule has 1 amide bonds. The maximum absolute atomic E-state index is 13.0. The van der Waals surface area contributed by atoms with E-state index in [1.54, 1.807) is 0 Å². The molecule has 0 aliphatic carbocycles. The largest absolute Gasteiger partial charge is 0.381 e. The predicted octanol–water partition coefficient (Wildman–Crippen LogP) is 3.94. The number of nitrogens with one attached hydrogen (secondary N) is 1. The number of nitrogens with two attached hydrogens (primary N) is 1. The highest BCUT2D eigenvalue weighted by molar-refractivity contribution is 6.30. The van der Waals surface area contributed by atoms with E-state index in [1.807, 2.05) is 49.4 Å². The first-order valence-corrected chi connectivity index (χ1v) is 9.37. The number of carbonyl (C=O) groups is 1. The van der Waals surface area contributed by atoms with Crippen molar-refractivity contribution in [3.8, 4) is 11.1 Å². The molecule has 4 nitrogen and oxygen atoms in total. The van der Waals surface area contributed by atoms with Crippen molar-refractivity contribution in [1.29, 1.82) is 0 Å². The zero-order valence-corrected chi connectivity index (χ0v) is 15.8. The van der Waals surface area contributed by atoms with Gasteiger partial charge in [0.1, 0.15) is 0 Å². The summed E-state index contributed by atoms with van der Waals surface area (Å²) in [4.78, 5) is 13.0. The zero-order chi connectivity index (χ0) is 18.6. The first-order chi connectivity index (χ1) is 12.6. The second-order valence-corrected chi connectivity index (χ2v) is 7.32. The molecule has 2 aromatic rings. The van der Waals surface area contributed by atoms with Crippen molar-refractivity contribution in [3.05, 3.63) is 59.1 Å². The monoisotopic (exact) mass is 372 g/mol. The summed E-state index contributed by atoms with van der Waals surface area (Å²) in [6.07, 6.45) is 1.34. The van der Waals surface area contributed by atoms with Crippen LogP contribution < -0.4 is 11.1 Å². The van der Waals surface area contributed by atoms with Crippen LogP contribution in [0.3, 0.4) is 0 Å². The van der Waals surface area contributed by atoms with Gasteiger partial charge in [-0.2, -0.15) is 0 Å². The van der Waals surface area contributed by atoms with Gasteiger partial charge in [-0.3, -0.25) is 4.79 Å². The van der Waals surface area contributed by atoms with Crippen molar-refractivity contribution in [2.45, 2.75) is 25.8 Å². The molecule has 0 bridgehead atoms. The number of halogens is 1. The standard InChI is InChI=1S/C21H25ClN2O2/c1-15(24-20(25)21(14-23)10-12-26-13-11-21)18-4-2-3-5-19(18)16-6-8-17(22)9-7-16/h2-9,15H,10-14,23H2,1H3,(H,24,25). The van der Waals surface area contributed by atoms with E-state index in [0.717, 1.165) is 16.7 Å². The lowest BCUT2D eigenvalue weighted by Gasteiger charge is -2.35. The third-order valence-corrected chi connectivity index (χ3v) is 5.50. The van der Waals surface area contributed by atoms with E-state index in [9.17, 15) is 4.79 Å². The van der Waals surface area contributed by atoms with Gasteiger partial charge in [-0.15, -0.1) is 0 Å². The Morgan fingerprint density at radius 1 is 1.19 bits per heavy atom. The Balaban J connectivity index is 1.83. The van der Waals surface area contributed by atoms with Gasteiger partial charge in [-0.25, -0.2) is 0 Å².